The van der Waals surface area contributed by atoms with E-state index in [0.717, 1.165) is 11.8 Å². The summed E-state index contributed by atoms with van der Waals surface area (Å²) in [5.74, 6) is -2.74. The average molecular weight is 550 g/mol. The predicted octanol–water partition coefficient (Wildman–Crippen LogP) is 6.54. The number of aryl methyl sites for hydroxylation is 1. The zero-order valence-electron chi connectivity index (χ0n) is 20.2. The molecule has 0 bridgehead atoms. The summed E-state index contributed by atoms with van der Waals surface area (Å²) in [5.41, 5.74) is 1.17. The second kappa shape index (κ2) is 9.23. The number of nitriles is 1. The summed E-state index contributed by atoms with van der Waals surface area (Å²) in [4.78, 5) is 14.2. The molecule has 0 amide bonds. The monoisotopic (exact) mass is 549 g/mol. The van der Waals surface area contributed by atoms with Gasteiger partial charge in [-0.1, -0.05) is 17.7 Å². The number of imidazole rings is 1. The molecule has 1 atom stereocenters. The molecule has 1 aromatic carbocycles. The summed E-state index contributed by atoms with van der Waals surface area (Å²) in [5, 5.41) is 13.2. The Labute approximate surface area is 218 Å². The number of nitrogens with one attached hydrogen (secondary N) is 1. The minimum absolute atomic E-state index is 0.0256. The zero-order chi connectivity index (χ0) is 27.4. The van der Waals surface area contributed by atoms with Crippen molar-refractivity contribution in [2.45, 2.75) is 44.8 Å². The number of anilines is 2. The Morgan fingerprint density at radius 3 is 2.50 bits per heavy atom. The number of halogens is 6. The fraction of sp³-hybridized carbons (Fsp3) is 0.360. The van der Waals surface area contributed by atoms with Crippen LogP contribution in [-0.2, 0) is 6.18 Å². The third-order valence-electron chi connectivity index (χ3n) is 6.53. The van der Waals surface area contributed by atoms with Crippen molar-refractivity contribution in [2.24, 2.45) is 0 Å². The summed E-state index contributed by atoms with van der Waals surface area (Å²) < 4.78 is 70.0. The molecule has 0 unspecified atom stereocenters. The molecule has 1 saturated heterocycles. The maximum Gasteiger partial charge on any atom is 0.434 e. The van der Waals surface area contributed by atoms with Gasteiger partial charge in [0.2, 0.25) is 5.95 Å². The normalized spacial score (nSPS) is 16.6. The van der Waals surface area contributed by atoms with Crippen molar-refractivity contribution in [3.63, 3.8) is 0 Å². The van der Waals surface area contributed by atoms with Crippen molar-refractivity contribution in [3.05, 3.63) is 58.1 Å². The van der Waals surface area contributed by atoms with Gasteiger partial charge >= 0.3 is 6.18 Å². The summed E-state index contributed by atoms with van der Waals surface area (Å²) in [6.45, 7) is 3.46. The van der Waals surface area contributed by atoms with Gasteiger partial charge in [-0.15, -0.1) is 0 Å². The molecule has 0 aliphatic carbocycles. The summed E-state index contributed by atoms with van der Waals surface area (Å²) in [6.07, 6.45) is -4.73. The minimum Gasteiger partial charge on any atom is -0.376 e. The molecule has 0 spiro atoms. The number of pyridine rings is 1. The number of rotatable bonds is 4. The van der Waals surface area contributed by atoms with Gasteiger partial charge in [-0.05, 0) is 37.6 Å². The Hall–Kier alpha value is -3.72. The summed E-state index contributed by atoms with van der Waals surface area (Å²) in [7, 11) is 0. The molecule has 5 rings (SSSR count). The van der Waals surface area contributed by atoms with Crippen LogP contribution < -0.4 is 10.2 Å². The molecule has 4 aromatic rings. The first-order valence-electron chi connectivity index (χ1n) is 11.7. The fourth-order valence-corrected chi connectivity index (χ4v) is 4.80. The van der Waals surface area contributed by atoms with Crippen molar-refractivity contribution in [1.82, 2.24) is 19.4 Å². The number of hydrogen-bond acceptors (Lipinski definition) is 6. The maximum atomic E-state index is 13.9. The molecule has 7 nitrogen and oxygen atoms in total. The van der Waals surface area contributed by atoms with E-state index >= 15 is 0 Å². The van der Waals surface area contributed by atoms with E-state index in [2.05, 4.69) is 15.3 Å². The number of alkyl halides is 5. The van der Waals surface area contributed by atoms with Gasteiger partial charge in [-0.25, -0.2) is 23.7 Å². The van der Waals surface area contributed by atoms with Crippen LogP contribution in [0.2, 0.25) is 5.15 Å². The molecule has 4 heterocycles. The first-order chi connectivity index (χ1) is 17.9. The lowest BCUT2D eigenvalue weighted by Gasteiger charge is -2.33. The Morgan fingerprint density at radius 1 is 1.13 bits per heavy atom. The number of fused-ring (bicyclic) bond motifs is 3. The van der Waals surface area contributed by atoms with Gasteiger partial charge in [-0.3, -0.25) is 4.40 Å². The topological polar surface area (TPSA) is 82.1 Å². The van der Waals surface area contributed by atoms with Crippen LogP contribution in [0.5, 0.6) is 0 Å². The highest BCUT2D eigenvalue weighted by atomic mass is 35.5. The number of benzene rings is 1. The van der Waals surface area contributed by atoms with Crippen LogP contribution in [0.4, 0.5) is 33.6 Å². The molecular formula is C25H21ClF5N7. The molecule has 1 aliphatic heterocycles. The van der Waals surface area contributed by atoms with E-state index < -0.39 is 36.7 Å². The molecule has 1 aliphatic rings. The van der Waals surface area contributed by atoms with E-state index in [4.69, 9.17) is 16.6 Å². The maximum absolute atomic E-state index is 13.9. The van der Waals surface area contributed by atoms with Crippen molar-refractivity contribution < 1.29 is 22.0 Å². The van der Waals surface area contributed by atoms with Gasteiger partial charge in [0.1, 0.15) is 16.9 Å². The van der Waals surface area contributed by atoms with Crippen LogP contribution in [0, 0.1) is 18.3 Å². The van der Waals surface area contributed by atoms with Crippen LogP contribution in [-0.4, -0.2) is 38.4 Å². The zero-order valence-corrected chi connectivity index (χ0v) is 21.0. The number of hydrogen-bond donors (Lipinski definition) is 1. The second-order valence-electron chi connectivity index (χ2n) is 9.33. The van der Waals surface area contributed by atoms with E-state index in [1.54, 1.807) is 24.0 Å². The third-order valence-corrected chi connectivity index (χ3v) is 6.74. The fourth-order valence-electron chi connectivity index (χ4n) is 4.65. The van der Waals surface area contributed by atoms with Gasteiger partial charge in [-0.2, -0.15) is 18.4 Å². The smallest absolute Gasteiger partial charge is 0.376 e. The van der Waals surface area contributed by atoms with Crippen LogP contribution in [0.1, 0.15) is 48.3 Å². The number of aromatic nitrogens is 4. The molecule has 13 heteroatoms. The van der Waals surface area contributed by atoms with E-state index in [9.17, 15) is 27.2 Å². The highest BCUT2D eigenvalue weighted by molar-refractivity contribution is 6.29. The van der Waals surface area contributed by atoms with Gasteiger partial charge in [0.05, 0.1) is 17.2 Å². The van der Waals surface area contributed by atoms with Gasteiger partial charge in [0.15, 0.2) is 11.4 Å². The quantitative estimate of drug-likeness (QED) is 0.230. The van der Waals surface area contributed by atoms with E-state index in [1.807, 2.05) is 19.1 Å². The van der Waals surface area contributed by atoms with Crippen molar-refractivity contribution in [3.8, 4) is 6.07 Å². The third kappa shape index (κ3) is 4.78. The molecule has 1 N–H and O–H groups in total. The summed E-state index contributed by atoms with van der Waals surface area (Å²) in [6, 6.07) is 8.17. The Balaban J connectivity index is 1.70. The molecule has 1 fully saturated rings. The lowest BCUT2D eigenvalue weighted by Crippen LogP contribution is -2.40. The van der Waals surface area contributed by atoms with Crippen LogP contribution in [0.3, 0.4) is 0 Å². The first kappa shape index (κ1) is 25.9. The van der Waals surface area contributed by atoms with Crippen molar-refractivity contribution >= 4 is 39.8 Å². The Kier molecular flexibility index (Phi) is 6.30. The minimum atomic E-state index is -4.71. The lowest BCUT2D eigenvalue weighted by molar-refractivity contribution is -0.140. The number of piperidine rings is 1. The lowest BCUT2D eigenvalue weighted by atomic mass is 10.0. The predicted molar refractivity (Wildman–Crippen MR) is 133 cm³/mol. The molecule has 38 heavy (non-hydrogen) atoms. The molecule has 198 valence electrons. The second-order valence-corrected chi connectivity index (χ2v) is 9.72. The standard InChI is InChI=1S/C25H21ClF5N7/c1-13-9-15(14(2)33-17-3-4-20(26)34-18(17)11-32)21-16(10-13)22-35-19(25(29,30)31)12-38(22)23(36-21)37-7-5-24(27,28)6-8-37/h3-4,9-10,12,14,33H,5-8H2,1-2H3/t14-/m1/s1. The summed E-state index contributed by atoms with van der Waals surface area (Å²) >= 11 is 5.91. The first-order valence-corrected chi connectivity index (χ1v) is 12.1. The molecule has 0 saturated carbocycles. The van der Waals surface area contributed by atoms with E-state index in [1.165, 1.54) is 10.5 Å². The molecule has 0 radical (unpaired) electrons. The largest absolute Gasteiger partial charge is 0.434 e. The van der Waals surface area contributed by atoms with Gasteiger partial charge in [0.25, 0.3) is 5.92 Å². The van der Waals surface area contributed by atoms with Crippen molar-refractivity contribution in [2.75, 3.05) is 23.3 Å². The van der Waals surface area contributed by atoms with Crippen LogP contribution >= 0.6 is 11.6 Å². The highest BCUT2D eigenvalue weighted by Crippen LogP contribution is 2.37. The van der Waals surface area contributed by atoms with Crippen LogP contribution in [0.25, 0.3) is 16.6 Å². The number of nitrogens with zero attached hydrogens (tertiary/aromatic N) is 6. The Bertz CT molecular complexity index is 1580. The van der Waals surface area contributed by atoms with Crippen molar-refractivity contribution in [1.29, 1.82) is 5.26 Å². The van der Waals surface area contributed by atoms with Gasteiger partial charge < -0.3 is 10.2 Å². The van der Waals surface area contributed by atoms with Crippen LogP contribution in [0.15, 0.2) is 30.5 Å². The Morgan fingerprint density at radius 2 is 1.84 bits per heavy atom. The van der Waals surface area contributed by atoms with E-state index in [-0.39, 0.29) is 35.5 Å². The average Bonchev–Trinajstić information content (AvgIpc) is 3.31. The molecular weight excluding hydrogens is 529 g/mol. The van der Waals surface area contributed by atoms with Gasteiger partial charge in [0, 0.05) is 43.1 Å². The highest BCUT2D eigenvalue weighted by Gasteiger charge is 2.37. The SMILES string of the molecule is Cc1cc([C@@H](C)Nc2ccc(Cl)nc2C#N)c2nc(N3CCC(F)(F)CC3)n3cc(C(F)(F)F)nc3c2c1. The van der Waals surface area contributed by atoms with E-state index in [0.29, 0.717) is 22.2 Å². The molecule has 3 aromatic heterocycles.